The fourth-order valence-corrected chi connectivity index (χ4v) is 6.47. The Bertz CT molecular complexity index is 1740. The number of hydrogen-bond donors (Lipinski definition) is 1. The summed E-state index contributed by atoms with van der Waals surface area (Å²) >= 11 is 0. The highest BCUT2D eigenvalue weighted by atomic mass is 32.2. The van der Waals surface area contributed by atoms with Gasteiger partial charge in [-0.15, -0.1) is 0 Å². The average Bonchev–Trinajstić information content (AvgIpc) is 3.38. The molecule has 0 saturated carbocycles. The quantitative estimate of drug-likeness (QED) is 0.200. The summed E-state index contributed by atoms with van der Waals surface area (Å²) in [5, 5.41) is 3.58. The summed E-state index contributed by atoms with van der Waals surface area (Å²) in [5.74, 6) is -2.06. The first-order valence-corrected chi connectivity index (χ1v) is 15.0. The third kappa shape index (κ3) is 5.97. The number of sulfonamides is 1. The molecule has 1 aliphatic heterocycles. The first kappa shape index (κ1) is 29.2. The van der Waals surface area contributed by atoms with Crippen molar-refractivity contribution in [1.29, 1.82) is 0 Å². The largest absolute Gasteiger partial charge is 0.466 e. The molecule has 0 radical (unpaired) electrons. The molecule has 4 aromatic rings. The van der Waals surface area contributed by atoms with Gasteiger partial charge in [0, 0.05) is 29.6 Å². The Hall–Kier alpha value is -4.35. The van der Waals surface area contributed by atoms with Gasteiger partial charge in [0.05, 0.1) is 29.7 Å². The minimum absolute atomic E-state index is 0.0242. The number of anilines is 1. The molecule has 0 aliphatic carbocycles. The molecule has 218 valence electrons. The topological polar surface area (TPSA) is 123 Å². The van der Waals surface area contributed by atoms with Gasteiger partial charge in [0.2, 0.25) is 15.8 Å². The molecule has 5 rings (SSSR count). The predicted octanol–water partition coefficient (Wildman–Crippen LogP) is 5.06. The summed E-state index contributed by atoms with van der Waals surface area (Å²) in [6.45, 7) is 2.09. The first-order chi connectivity index (χ1) is 20.2. The molecule has 0 unspecified atom stereocenters. The van der Waals surface area contributed by atoms with Crippen molar-refractivity contribution in [3.8, 4) is 0 Å². The van der Waals surface area contributed by atoms with E-state index in [4.69, 9.17) is 9.15 Å². The molecule has 0 spiro atoms. The van der Waals surface area contributed by atoms with Crippen molar-refractivity contribution in [2.45, 2.75) is 24.7 Å². The standard InChI is InChI=1S/C31H29FN2O7S/c1-2-40-31(37)21-14-16-34(17-15-21)42(38,39)24-7-5-6-22(18-24)26(35)19-33-28-25-8-3-4-9-27(25)41-30(28)29(36)20-10-12-23(32)13-11-20/h3-13,18,21,33H,2,14-17,19H2,1H3. The van der Waals surface area contributed by atoms with E-state index in [2.05, 4.69) is 5.32 Å². The second-order valence-corrected chi connectivity index (χ2v) is 11.8. The highest BCUT2D eigenvalue weighted by Crippen LogP contribution is 2.33. The molecule has 2 heterocycles. The number of fused-ring (bicyclic) bond motifs is 1. The van der Waals surface area contributed by atoms with Crippen LogP contribution < -0.4 is 5.32 Å². The zero-order valence-electron chi connectivity index (χ0n) is 22.8. The third-order valence-electron chi connectivity index (χ3n) is 7.20. The van der Waals surface area contributed by atoms with E-state index in [1.165, 1.54) is 52.8 Å². The Morgan fingerprint density at radius 3 is 2.40 bits per heavy atom. The smallest absolute Gasteiger partial charge is 0.309 e. The van der Waals surface area contributed by atoms with Gasteiger partial charge in [-0.2, -0.15) is 4.31 Å². The van der Waals surface area contributed by atoms with E-state index in [0.29, 0.717) is 29.5 Å². The summed E-state index contributed by atoms with van der Waals surface area (Å²) in [6.07, 6.45) is 0.719. The van der Waals surface area contributed by atoms with Gasteiger partial charge in [0.15, 0.2) is 11.5 Å². The van der Waals surface area contributed by atoms with Crippen LogP contribution in [0.2, 0.25) is 0 Å². The third-order valence-corrected chi connectivity index (χ3v) is 9.10. The van der Waals surface area contributed by atoms with E-state index in [9.17, 15) is 27.2 Å². The molecule has 0 bridgehead atoms. The summed E-state index contributed by atoms with van der Waals surface area (Å²) < 4.78 is 52.3. The van der Waals surface area contributed by atoms with Gasteiger partial charge in [-0.3, -0.25) is 14.4 Å². The van der Waals surface area contributed by atoms with Gasteiger partial charge in [0.25, 0.3) is 0 Å². The van der Waals surface area contributed by atoms with Crippen LogP contribution in [0.15, 0.2) is 82.1 Å². The number of ether oxygens (including phenoxy) is 1. The Labute approximate surface area is 242 Å². The van der Waals surface area contributed by atoms with Crippen molar-refractivity contribution in [2.24, 2.45) is 5.92 Å². The minimum atomic E-state index is -3.90. The number of rotatable bonds is 10. The average molecular weight is 593 g/mol. The fraction of sp³-hybridized carbons (Fsp3) is 0.258. The van der Waals surface area contributed by atoms with Gasteiger partial charge >= 0.3 is 5.97 Å². The Morgan fingerprint density at radius 1 is 0.976 bits per heavy atom. The lowest BCUT2D eigenvalue weighted by Crippen LogP contribution is -2.40. The molecular formula is C31H29FN2O7S. The molecule has 1 N–H and O–H groups in total. The lowest BCUT2D eigenvalue weighted by Gasteiger charge is -2.30. The van der Waals surface area contributed by atoms with Crippen molar-refractivity contribution in [2.75, 3.05) is 31.6 Å². The second kappa shape index (κ2) is 12.3. The zero-order chi connectivity index (χ0) is 29.9. The van der Waals surface area contributed by atoms with Crippen LogP contribution in [0.1, 0.15) is 46.2 Å². The number of para-hydroxylation sites is 1. The summed E-state index contributed by atoms with van der Waals surface area (Å²) in [6, 6.07) is 17.8. The minimum Gasteiger partial charge on any atom is -0.466 e. The number of piperidine rings is 1. The van der Waals surface area contributed by atoms with Crippen LogP contribution in [0.3, 0.4) is 0 Å². The van der Waals surface area contributed by atoms with E-state index >= 15 is 0 Å². The second-order valence-electron chi connectivity index (χ2n) is 9.87. The molecule has 1 fully saturated rings. The van der Waals surface area contributed by atoms with Crippen LogP contribution >= 0.6 is 0 Å². The highest BCUT2D eigenvalue weighted by molar-refractivity contribution is 7.89. The number of benzene rings is 3. The van der Waals surface area contributed by atoms with Crippen LogP contribution in [0.5, 0.6) is 0 Å². The highest BCUT2D eigenvalue weighted by Gasteiger charge is 2.33. The van der Waals surface area contributed by atoms with Gasteiger partial charge in [0.1, 0.15) is 11.4 Å². The van der Waals surface area contributed by atoms with E-state index in [-0.39, 0.29) is 59.9 Å². The number of carbonyl (C=O) groups excluding carboxylic acids is 3. The SMILES string of the molecule is CCOC(=O)C1CCN(S(=O)(=O)c2cccc(C(=O)CNc3c(C(=O)c4ccc(F)cc4)oc4ccccc34)c2)CC1. The number of ketones is 2. The number of Topliss-reactive ketones (excluding diaryl/α,β-unsaturated/α-hetero) is 1. The van der Waals surface area contributed by atoms with E-state index < -0.39 is 27.4 Å². The van der Waals surface area contributed by atoms with E-state index in [1.54, 1.807) is 31.2 Å². The molecular weight excluding hydrogens is 563 g/mol. The number of nitrogens with zero attached hydrogens (tertiary/aromatic N) is 1. The van der Waals surface area contributed by atoms with Crippen LogP contribution in [0.25, 0.3) is 11.0 Å². The molecule has 1 aliphatic rings. The van der Waals surface area contributed by atoms with Gasteiger partial charge in [-0.25, -0.2) is 12.8 Å². The first-order valence-electron chi connectivity index (χ1n) is 13.5. The molecule has 1 aromatic heterocycles. The summed E-state index contributed by atoms with van der Waals surface area (Å²) in [5.41, 5.74) is 1.12. The van der Waals surface area contributed by atoms with Crippen molar-refractivity contribution >= 4 is 44.2 Å². The lowest BCUT2D eigenvalue weighted by atomic mass is 9.98. The molecule has 0 atom stereocenters. The fourth-order valence-electron chi connectivity index (χ4n) is 4.95. The Morgan fingerprint density at radius 2 is 1.69 bits per heavy atom. The van der Waals surface area contributed by atoms with Crippen LogP contribution in [0, 0.1) is 11.7 Å². The van der Waals surface area contributed by atoms with Crippen LogP contribution in [0.4, 0.5) is 10.1 Å². The van der Waals surface area contributed by atoms with Crippen LogP contribution in [-0.2, 0) is 19.6 Å². The van der Waals surface area contributed by atoms with Crippen molar-refractivity contribution in [1.82, 2.24) is 4.31 Å². The van der Waals surface area contributed by atoms with Gasteiger partial charge < -0.3 is 14.5 Å². The molecule has 42 heavy (non-hydrogen) atoms. The van der Waals surface area contributed by atoms with Gasteiger partial charge in [-0.05, 0) is 68.3 Å². The molecule has 11 heteroatoms. The zero-order valence-corrected chi connectivity index (χ0v) is 23.7. The molecule has 9 nitrogen and oxygen atoms in total. The van der Waals surface area contributed by atoms with Gasteiger partial charge in [-0.1, -0.05) is 24.3 Å². The number of furan rings is 1. The predicted molar refractivity (Wildman–Crippen MR) is 153 cm³/mol. The van der Waals surface area contributed by atoms with Crippen molar-refractivity contribution < 1.29 is 36.3 Å². The maximum atomic E-state index is 13.4. The monoisotopic (exact) mass is 592 g/mol. The maximum absolute atomic E-state index is 13.4. The molecule has 1 saturated heterocycles. The number of halogens is 1. The Balaban J connectivity index is 1.33. The summed E-state index contributed by atoms with van der Waals surface area (Å²) in [7, 11) is -3.90. The van der Waals surface area contributed by atoms with E-state index in [1.807, 2.05) is 0 Å². The van der Waals surface area contributed by atoms with Crippen molar-refractivity contribution in [3.05, 3.63) is 95.5 Å². The number of carbonyl (C=O) groups is 3. The molecule has 0 amide bonds. The Kier molecular flexibility index (Phi) is 8.51. The summed E-state index contributed by atoms with van der Waals surface area (Å²) in [4.78, 5) is 38.4. The van der Waals surface area contributed by atoms with Crippen molar-refractivity contribution in [3.63, 3.8) is 0 Å². The van der Waals surface area contributed by atoms with E-state index in [0.717, 1.165) is 0 Å². The number of nitrogens with one attached hydrogen (secondary N) is 1. The normalized spacial score (nSPS) is 14.5. The number of hydrogen-bond acceptors (Lipinski definition) is 8. The lowest BCUT2D eigenvalue weighted by molar-refractivity contribution is -0.149. The number of esters is 1. The molecule has 3 aromatic carbocycles. The van der Waals surface area contributed by atoms with Crippen LogP contribution in [-0.4, -0.2) is 56.5 Å². The maximum Gasteiger partial charge on any atom is 0.309 e.